The van der Waals surface area contributed by atoms with E-state index in [9.17, 15) is 22.8 Å². The number of hydrogen-bond donors (Lipinski definition) is 1. The fourth-order valence-electron chi connectivity index (χ4n) is 5.01. The van der Waals surface area contributed by atoms with Crippen molar-refractivity contribution in [3.05, 3.63) is 97.7 Å². The Balaban J connectivity index is 1.41. The molecule has 9 heteroatoms. The fourth-order valence-corrected chi connectivity index (χ4v) is 5.20. The van der Waals surface area contributed by atoms with Crippen LogP contribution in [0.25, 0.3) is 0 Å². The van der Waals surface area contributed by atoms with Crippen molar-refractivity contribution >= 4 is 17.5 Å². The zero-order valence-corrected chi connectivity index (χ0v) is 20.4. The van der Waals surface area contributed by atoms with Crippen molar-refractivity contribution < 1.29 is 18.0 Å². The number of amides is 1. The van der Waals surface area contributed by atoms with E-state index in [2.05, 4.69) is 4.98 Å². The Morgan fingerprint density at radius 2 is 1.92 bits per heavy atom. The van der Waals surface area contributed by atoms with Gasteiger partial charge in [0.25, 0.3) is 5.56 Å². The number of nitrogens with zero attached hydrogens (tertiary/aromatic N) is 2. The molecule has 1 fully saturated rings. The van der Waals surface area contributed by atoms with Crippen LogP contribution in [-0.4, -0.2) is 27.3 Å². The van der Waals surface area contributed by atoms with Crippen LogP contribution in [0.3, 0.4) is 0 Å². The highest BCUT2D eigenvalue weighted by Gasteiger charge is 2.48. The van der Waals surface area contributed by atoms with Crippen LogP contribution in [0.1, 0.15) is 65.9 Å². The van der Waals surface area contributed by atoms with Gasteiger partial charge < -0.3 is 9.88 Å². The molecule has 0 spiro atoms. The summed E-state index contributed by atoms with van der Waals surface area (Å²) < 4.78 is 39.5. The summed E-state index contributed by atoms with van der Waals surface area (Å²) in [4.78, 5) is 35.8. The van der Waals surface area contributed by atoms with Crippen LogP contribution in [0.15, 0.2) is 53.3 Å². The molecular weight excluding hydrogens is 491 g/mol. The van der Waals surface area contributed by atoms with E-state index in [4.69, 9.17) is 16.6 Å². The van der Waals surface area contributed by atoms with Crippen molar-refractivity contribution in [3.8, 4) is 0 Å². The van der Waals surface area contributed by atoms with E-state index in [1.165, 1.54) is 12.1 Å². The predicted molar refractivity (Wildman–Crippen MR) is 130 cm³/mol. The van der Waals surface area contributed by atoms with Crippen LogP contribution in [0, 0.1) is 0 Å². The van der Waals surface area contributed by atoms with Crippen molar-refractivity contribution in [2.75, 3.05) is 6.54 Å². The zero-order chi connectivity index (χ0) is 25.7. The van der Waals surface area contributed by atoms with Gasteiger partial charge in [-0.1, -0.05) is 41.9 Å². The normalized spacial score (nSPS) is 17.8. The van der Waals surface area contributed by atoms with Crippen molar-refractivity contribution in [1.29, 1.82) is 0 Å². The first-order chi connectivity index (χ1) is 17.1. The lowest BCUT2D eigenvalue weighted by atomic mass is 9.94. The van der Waals surface area contributed by atoms with E-state index < -0.39 is 17.7 Å². The third kappa shape index (κ3) is 4.54. The SMILES string of the molecule is CC(C(=O)N1CCCc2nc(C3(c4cccc(Cl)c4)CC3)[nH]c(=O)c2C1)c1cccc(C(F)(F)F)c1. The lowest BCUT2D eigenvalue weighted by Gasteiger charge is -2.25. The number of benzene rings is 2. The van der Waals surface area contributed by atoms with Gasteiger partial charge in [0.05, 0.1) is 34.7 Å². The molecule has 2 aliphatic rings. The molecule has 2 aromatic carbocycles. The molecule has 1 saturated carbocycles. The first-order valence-electron chi connectivity index (χ1n) is 11.9. The largest absolute Gasteiger partial charge is 0.416 e. The van der Waals surface area contributed by atoms with Crippen LogP contribution in [-0.2, 0) is 29.4 Å². The van der Waals surface area contributed by atoms with Crippen molar-refractivity contribution in [3.63, 3.8) is 0 Å². The van der Waals surface area contributed by atoms with E-state index in [0.29, 0.717) is 47.1 Å². The molecule has 0 radical (unpaired) electrons. The minimum Gasteiger partial charge on any atom is -0.338 e. The van der Waals surface area contributed by atoms with Gasteiger partial charge in [-0.2, -0.15) is 13.2 Å². The molecule has 1 unspecified atom stereocenters. The van der Waals surface area contributed by atoms with Crippen molar-refractivity contribution in [1.82, 2.24) is 14.9 Å². The second kappa shape index (κ2) is 9.07. The molecule has 5 nitrogen and oxygen atoms in total. The molecule has 1 N–H and O–H groups in total. The van der Waals surface area contributed by atoms with Gasteiger partial charge in [0, 0.05) is 11.6 Å². The molecule has 188 valence electrons. The minimum absolute atomic E-state index is 0.0737. The van der Waals surface area contributed by atoms with Crippen molar-refractivity contribution in [2.24, 2.45) is 0 Å². The summed E-state index contributed by atoms with van der Waals surface area (Å²) in [7, 11) is 0. The standard InChI is InChI=1S/C27H25ClF3N3O2/c1-16(17-5-2-7-19(13-17)27(29,30)31)24(36)34-12-4-9-22-21(15-34)23(35)33-25(32-22)26(10-11-26)18-6-3-8-20(28)14-18/h2-3,5-8,13-14,16H,4,9-12,15H2,1H3,(H,32,33,35). The van der Waals surface area contributed by atoms with Crippen LogP contribution < -0.4 is 5.56 Å². The number of aromatic nitrogens is 2. The maximum Gasteiger partial charge on any atom is 0.416 e. The number of H-pyrrole nitrogens is 1. The second-order valence-corrected chi connectivity index (χ2v) is 10.1. The Kier molecular flexibility index (Phi) is 6.19. The highest BCUT2D eigenvalue weighted by molar-refractivity contribution is 6.30. The quantitative estimate of drug-likeness (QED) is 0.492. The van der Waals surface area contributed by atoms with Crippen LogP contribution in [0.4, 0.5) is 13.2 Å². The number of fused-ring (bicyclic) bond motifs is 1. The number of nitrogens with one attached hydrogen (secondary N) is 1. The number of aryl methyl sites for hydroxylation is 1. The first kappa shape index (κ1) is 24.6. The third-order valence-corrected chi connectivity index (χ3v) is 7.50. The molecule has 0 saturated heterocycles. The summed E-state index contributed by atoms with van der Waals surface area (Å²) in [5.41, 5.74) is 0.973. The van der Waals surface area contributed by atoms with Crippen LogP contribution >= 0.6 is 11.6 Å². The molecule has 0 bridgehead atoms. The van der Waals surface area contributed by atoms with Gasteiger partial charge in [-0.25, -0.2) is 4.98 Å². The minimum atomic E-state index is -4.49. The van der Waals surface area contributed by atoms with Gasteiger partial charge in [-0.15, -0.1) is 0 Å². The molecule has 2 heterocycles. The summed E-state index contributed by atoms with van der Waals surface area (Å²) in [6.07, 6.45) is -1.63. The number of halogens is 4. The van der Waals surface area contributed by atoms with Gasteiger partial charge in [0.2, 0.25) is 5.91 Å². The van der Waals surface area contributed by atoms with Crippen LogP contribution in [0.2, 0.25) is 5.02 Å². The summed E-state index contributed by atoms with van der Waals surface area (Å²) in [5.74, 6) is -0.480. The Bertz CT molecular complexity index is 1380. The molecule has 36 heavy (non-hydrogen) atoms. The van der Waals surface area contributed by atoms with E-state index in [1.807, 2.05) is 18.2 Å². The topological polar surface area (TPSA) is 66.1 Å². The molecule has 3 aromatic rings. The smallest absolute Gasteiger partial charge is 0.338 e. The Morgan fingerprint density at radius 1 is 1.17 bits per heavy atom. The number of aromatic amines is 1. The molecule has 1 aliphatic heterocycles. The summed E-state index contributed by atoms with van der Waals surface area (Å²) in [6, 6.07) is 12.4. The van der Waals surface area contributed by atoms with E-state index in [0.717, 1.165) is 30.5 Å². The van der Waals surface area contributed by atoms with Gasteiger partial charge in [0.15, 0.2) is 0 Å². The average molecular weight is 516 g/mol. The Hall–Kier alpha value is -3.13. The monoisotopic (exact) mass is 515 g/mol. The summed E-state index contributed by atoms with van der Waals surface area (Å²) in [6.45, 7) is 2.06. The Labute approximate surface area is 211 Å². The fraction of sp³-hybridized carbons (Fsp3) is 0.370. The highest BCUT2D eigenvalue weighted by Crippen LogP contribution is 2.52. The van der Waals surface area contributed by atoms with Gasteiger partial charge in [-0.3, -0.25) is 9.59 Å². The lowest BCUT2D eigenvalue weighted by Crippen LogP contribution is -2.36. The maximum absolute atomic E-state index is 13.3. The van der Waals surface area contributed by atoms with E-state index in [-0.39, 0.29) is 23.4 Å². The highest BCUT2D eigenvalue weighted by atomic mass is 35.5. The van der Waals surface area contributed by atoms with Gasteiger partial charge in [0.1, 0.15) is 5.82 Å². The van der Waals surface area contributed by atoms with Crippen LogP contribution in [0.5, 0.6) is 0 Å². The average Bonchev–Trinajstić information content (AvgIpc) is 3.67. The molecule has 1 atom stereocenters. The lowest BCUT2D eigenvalue weighted by molar-refractivity contribution is -0.138. The molecule has 1 aromatic heterocycles. The summed E-state index contributed by atoms with van der Waals surface area (Å²) >= 11 is 6.20. The maximum atomic E-state index is 13.3. The second-order valence-electron chi connectivity index (χ2n) is 9.64. The zero-order valence-electron chi connectivity index (χ0n) is 19.7. The van der Waals surface area contributed by atoms with Gasteiger partial charge in [-0.05, 0) is 61.9 Å². The number of hydrogen-bond acceptors (Lipinski definition) is 3. The summed E-state index contributed by atoms with van der Waals surface area (Å²) in [5, 5.41) is 0.625. The molecule has 1 amide bonds. The van der Waals surface area contributed by atoms with E-state index >= 15 is 0 Å². The number of carbonyl (C=O) groups is 1. The van der Waals surface area contributed by atoms with Crippen molar-refractivity contribution in [2.45, 2.75) is 56.7 Å². The molecule has 5 rings (SSSR count). The number of carbonyl (C=O) groups excluding carboxylic acids is 1. The van der Waals surface area contributed by atoms with E-state index in [1.54, 1.807) is 17.9 Å². The Morgan fingerprint density at radius 3 is 2.61 bits per heavy atom. The first-order valence-corrected chi connectivity index (χ1v) is 12.3. The number of rotatable bonds is 4. The molecule has 1 aliphatic carbocycles. The third-order valence-electron chi connectivity index (χ3n) is 7.27. The van der Waals surface area contributed by atoms with Gasteiger partial charge >= 0.3 is 6.18 Å². The number of alkyl halides is 3. The molecular formula is C27H25ClF3N3O2. The predicted octanol–water partition coefficient (Wildman–Crippen LogP) is 5.60.